The highest BCUT2D eigenvalue weighted by molar-refractivity contribution is 6.36. The van der Waals surface area contributed by atoms with E-state index in [1.165, 1.54) is 30.5 Å². The Morgan fingerprint density at radius 1 is 1.04 bits per heavy atom. The van der Waals surface area contributed by atoms with Crippen molar-refractivity contribution in [1.29, 1.82) is 0 Å². The van der Waals surface area contributed by atoms with Crippen LogP contribution in [0, 0.1) is 5.82 Å². The first-order valence-corrected chi connectivity index (χ1v) is 7.89. The van der Waals surface area contributed by atoms with Crippen molar-refractivity contribution < 1.29 is 9.18 Å². The molecule has 3 aromatic rings. The maximum atomic E-state index is 13.6. The van der Waals surface area contributed by atoms with E-state index in [2.05, 4.69) is 20.6 Å². The zero-order valence-corrected chi connectivity index (χ0v) is 14.1. The van der Waals surface area contributed by atoms with Crippen molar-refractivity contribution in [2.24, 2.45) is 0 Å². The van der Waals surface area contributed by atoms with E-state index in [-0.39, 0.29) is 17.3 Å². The second kappa shape index (κ2) is 7.46. The van der Waals surface area contributed by atoms with E-state index in [0.717, 1.165) is 0 Å². The average Bonchev–Trinajstić information content (AvgIpc) is 2.60. The van der Waals surface area contributed by atoms with Crippen molar-refractivity contribution in [3.05, 3.63) is 76.3 Å². The maximum absolute atomic E-state index is 13.6. The molecule has 2 aromatic carbocycles. The standard InChI is InChI=1S/C17H11Cl2FN4O/c18-10-5-6-13(11(19)9-10)23-17-21-8-7-15(24-17)16(25)22-14-4-2-1-3-12(14)20/h1-9H,(H,22,25)(H,21,23,24). The molecule has 0 fully saturated rings. The van der Waals surface area contributed by atoms with Gasteiger partial charge in [0.2, 0.25) is 5.95 Å². The van der Waals surface area contributed by atoms with Gasteiger partial charge in [-0.3, -0.25) is 4.79 Å². The van der Waals surface area contributed by atoms with E-state index >= 15 is 0 Å². The monoisotopic (exact) mass is 376 g/mol. The molecule has 0 saturated heterocycles. The molecule has 1 amide bonds. The van der Waals surface area contributed by atoms with Gasteiger partial charge in [-0.05, 0) is 36.4 Å². The third-order valence-electron chi connectivity index (χ3n) is 3.19. The summed E-state index contributed by atoms with van der Waals surface area (Å²) in [6.07, 6.45) is 1.41. The van der Waals surface area contributed by atoms with Crippen LogP contribution in [-0.4, -0.2) is 15.9 Å². The Bertz CT molecular complexity index is 936. The summed E-state index contributed by atoms with van der Waals surface area (Å²) in [5.74, 6) is -0.917. The van der Waals surface area contributed by atoms with E-state index < -0.39 is 11.7 Å². The van der Waals surface area contributed by atoms with Crippen LogP contribution in [0.1, 0.15) is 10.5 Å². The third kappa shape index (κ3) is 4.23. The Hall–Kier alpha value is -2.70. The summed E-state index contributed by atoms with van der Waals surface area (Å²) in [5.41, 5.74) is 0.685. The average molecular weight is 377 g/mol. The number of nitrogens with zero attached hydrogens (tertiary/aromatic N) is 2. The van der Waals surface area contributed by atoms with Crippen LogP contribution in [0.25, 0.3) is 0 Å². The molecule has 0 aliphatic rings. The Morgan fingerprint density at radius 3 is 2.60 bits per heavy atom. The minimum atomic E-state index is -0.558. The number of benzene rings is 2. The van der Waals surface area contributed by atoms with Gasteiger partial charge in [-0.1, -0.05) is 35.3 Å². The van der Waals surface area contributed by atoms with Crippen molar-refractivity contribution in [1.82, 2.24) is 9.97 Å². The Morgan fingerprint density at radius 2 is 1.84 bits per heavy atom. The fraction of sp³-hybridized carbons (Fsp3) is 0. The van der Waals surface area contributed by atoms with Crippen LogP contribution in [0.15, 0.2) is 54.7 Å². The van der Waals surface area contributed by atoms with Gasteiger partial charge < -0.3 is 10.6 Å². The van der Waals surface area contributed by atoms with Crippen LogP contribution in [-0.2, 0) is 0 Å². The lowest BCUT2D eigenvalue weighted by Crippen LogP contribution is -2.15. The number of amides is 1. The first-order valence-electron chi connectivity index (χ1n) is 7.14. The number of halogens is 3. The molecule has 0 saturated carbocycles. The minimum Gasteiger partial charge on any atom is -0.323 e. The summed E-state index contributed by atoms with van der Waals surface area (Å²) in [4.78, 5) is 20.4. The lowest BCUT2D eigenvalue weighted by atomic mass is 10.3. The van der Waals surface area contributed by atoms with Crippen molar-refractivity contribution in [3.8, 4) is 0 Å². The first kappa shape index (κ1) is 17.1. The summed E-state index contributed by atoms with van der Waals surface area (Å²) in [7, 11) is 0. The molecular weight excluding hydrogens is 366 g/mol. The second-order valence-electron chi connectivity index (χ2n) is 4.95. The van der Waals surface area contributed by atoms with Gasteiger partial charge >= 0.3 is 0 Å². The fourth-order valence-electron chi connectivity index (χ4n) is 2.01. The summed E-state index contributed by atoms with van der Waals surface area (Å²) < 4.78 is 13.6. The van der Waals surface area contributed by atoms with Gasteiger partial charge in [0.05, 0.1) is 16.4 Å². The van der Waals surface area contributed by atoms with E-state index in [1.807, 2.05) is 0 Å². The van der Waals surface area contributed by atoms with Gasteiger partial charge in [0, 0.05) is 11.2 Å². The quantitative estimate of drug-likeness (QED) is 0.678. The third-order valence-corrected chi connectivity index (χ3v) is 3.74. The van der Waals surface area contributed by atoms with Gasteiger partial charge in [-0.2, -0.15) is 0 Å². The molecule has 1 aromatic heterocycles. The predicted molar refractivity (Wildman–Crippen MR) is 96.1 cm³/mol. The van der Waals surface area contributed by atoms with Crippen molar-refractivity contribution in [2.45, 2.75) is 0 Å². The Balaban J connectivity index is 1.79. The molecule has 0 unspecified atom stereocenters. The molecule has 0 spiro atoms. The van der Waals surface area contributed by atoms with E-state index in [1.54, 1.807) is 24.3 Å². The molecule has 25 heavy (non-hydrogen) atoms. The smallest absolute Gasteiger partial charge is 0.274 e. The van der Waals surface area contributed by atoms with Crippen molar-refractivity contribution in [2.75, 3.05) is 10.6 Å². The largest absolute Gasteiger partial charge is 0.323 e. The summed E-state index contributed by atoms with van der Waals surface area (Å²) >= 11 is 11.9. The van der Waals surface area contributed by atoms with Crippen molar-refractivity contribution in [3.63, 3.8) is 0 Å². The number of carbonyl (C=O) groups is 1. The van der Waals surface area contributed by atoms with Gasteiger partial charge in [-0.15, -0.1) is 0 Å². The minimum absolute atomic E-state index is 0.0707. The van der Waals surface area contributed by atoms with E-state index in [4.69, 9.17) is 23.2 Å². The number of anilines is 3. The molecule has 1 heterocycles. The highest BCUT2D eigenvalue weighted by atomic mass is 35.5. The van der Waals surface area contributed by atoms with Crippen LogP contribution < -0.4 is 10.6 Å². The molecule has 5 nitrogen and oxygen atoms in total. The lowest BCUT2D eigenvalue weighted by molar-refractivity contribution is 0.102. The van der Waals surface area contributed by atoms with Gasteiger partial charge in [0.25, 0.3) is 5.91 Å². The number of carbonyl (C=O) groups excluding carboxylic acids is 1. The summed E-state index contributed by atoms with van der Waals surface area (Å²) in [5, 5.41) is 6.25. The number of rotatable bonds is 4. The number of nitrogens with one attached hydrogen (secondary N) is 2. The summed E-state index contributed by atoms with van der Waals surface area (Å²) in [6, 6.07) is 12.2. The van der Waals surface area contributed by atoms with Crippen LogP contribution in [0.2, 0.25) is 10.0 Å². The number of hydrogen-bond donors (Lipinski definition) is 2. The zero-order chi connectivity index (χ0) is 17.8. The molecular formula is C17H11Cl2FN4O. The van der Waals surface area contributed by atoms with Gasteiger partial charge in [-0.25, -0.2) is 14.4 Å². The topological polar surface area (TPSA) is 66.9 Å². The molecule has 0 aliphatic heterocycles. The Labute approximate surface area is 152 Å². The molecule has 0 bridgehead atoms. The Kier molecular flexibility index (Phi) is 5.11. The first-order chi connectivity index (χ1) is 12.0. The van der Waals surface area contributed by atoms with Gasteiger partial charge in [0.1, 0.15) is 11.5 Å². The van der Waals surface area contributed by atoms with Crippen LogP contribution in [0.5, 0.6) is 0 Å². The maximum Gasteiger partial charge on any atom is 0.274 e. The van der Waals surface area contributed by atoms with Crippen LogP contribution in [0.3, 0.4) is 0 Å². The normalized spacial score (nSPS) is 10.4. The molecule has 126 valence electrons. The van der Waals surface area contributed by atoms with Crippen LogP contribution in [0.4, 0.5) is 21.7 Å². The number of aromatic nitrogens is 2. The van der Waals surface area contributed by atoms with E-state index in [0.29, 0.717) is 15.7 Å². The van der Waals surface area contributed by atoms with Crippen LogP contribution >= 0.6 is 23.2 Å². The molecule has 3 rings (SSSR count). The number of hydrogen-bond acceptors (Lipinski definition) is 4. The zero-order valence-electron chi connectivity index (χ0n) is 12.6. The molecule has 0 aliphatic carbocycles. The molecule has 2 N–H and O–H groups in total. The molecule has 0 radical (unpaired) electrons. The summed E-state index contributed by atoms with van der Waals surface area (Å²) in [6.45, 7) is 0. The highest BCUT2D eigenvalue weighted by Gasteiger charge is 2.12. The molecule has 8 heteroatoms. The molecule has 0 atom stereocenters. The SMILES string of the molecule is O=C(Nc1ccccc1F)c1ccnc(Nc2ccc(Cl)cc2Cl)n1. The predicted octanol–water partition coefficient (Wildman–Crippen LogP) is 4.92. The van der Waals surface area contributed by atoms with Gasteiger partial charge in [0.15, 0.2) is 0 Å². The van der Waals surface area contributed by atoms with E-state index in [9.17, 15) is 9.18 Å². The number of para-hydroxylation sites is 1. The fourth-order valence-corrected chi connectivity index (χ4v) is 2.46. The lowest BCUT2D eigenvalue weighted by Gasteiger charge is -2.09. The second-order valence-corrected chi connectivity index (χ2v) is 5.79. The highest BCUT2D eigenvalue weighted by Crippen LogP contribution is 2.27. The van der Waals surface area contributed by atoms with Crippen molar-refractivity contribution >= 4 is 46.4 Å².